The van der Waals surface area contributed by atoms with Crippen molar-refractivity contribution >= 4 is 11.8 Å². The van der Waals surface area contributed by atoms with Crippen molar-refractivity contribution < 1.29 is 9.59 Å². The van der Waals surface area contributed by atoms with Crippen LogP contribution in [0.3, 0.4) is 0 Å². The molecule has 1 atom stereocenters. The summed E-state index contributed by atoms with van der Waals surface area (Å²) in [5.74, 6) is -0.446. The van der Waals surface area contributed by atoms with E-state index in [4.69, 9.17) is 5.73 Å². The Kier molecular flexibility index (Phi) is 6.20. The van der Waals surface area contributed by atoms with E-state index in [2.05, 4.69) is 15.6 Å². The molecule has 1 fully saturated rings. The molecule has 0 aromatic rings. The Balaban J connectivity index is 2.23. The molecule has 0 radical (unpaired) electrons. The van der Waals surface area contributed by atoms with Crippen molar-refractivity contribution in [1.82, 2.24) is 20.7 Å². The molecule has 0 aromatic carbocycles. The maximum absolute atomic E-state index is 11.7. The Morgan fingerprint density at radius 1 is 1.21 bits per heavy atom. The van der Waals surface area contributed by atoms with Gasteiger partial charge in [-0.15, -0.1) is 0 Å². The summed E-state index contributed by atoms with van der Waals surface area (Å²) in [7, 11) is 2.05. The number of piperazine rings is 1. The van der Waals surface area contributed by atoms with Gasteiger partial charge in [-0.2, -0.15) is 0 Å². The van der Waals surface area contributed by atoms with Gasteiger partial charge in [0, 0.05) is 26.2 Å². The van der Waals surface area contributed by atoms with E-state index in [0.29, 0.717) is 0 Å². The van der Waals surface area contributed by atoms with Crippen molar-refractivity contribution in [2.24, 2.45) is 11.7 Å². The standard InChI is InChI=1S/C12H25N5O2/c1-9(2)11(13)12(19)14-8-10(18)15-17-6-4-16(3)5-7-17/h9,11H,4-8,13H2,1-3H3,(H,14,19)(H,15,18)/t11-/m0/s1. The van der Waals surface area contributed by atoms with Gasteiger partial charge in [-0.25, -0.2) is 5.01 Å². The van der Waals surface area contributed by atoms with Crippen LogP contribution in [0.15, 0.2) is 0 Å². The fourth-order valence-corrected chi connectivity index (χ4v) is 1.72. The largest absolute Gasteiger partial charge is 0.346 e. The van der Waals surface area contributed by atoms with Crippen molar-refractivity contribution in [2.45, 2.75) is 19.9 Å². The lowest BCUT2D eigenvalue weighted by Crippen LogP contribution is -2.55. The summed E-state index contributed by atoms with van der Waals surface area (Å²) in [5, 5.41) is 4.42. The Morgan fingerprint density at radius 3 is 2.32 bits per heavy atom. The predicted octanol–water partition coefficient (Wildman–Crippen LogP) is -1.64. The van der Waals surface area contributed by atoms with Crippen LogP contribution in [0.5, 0.6) is 0 Å². The zero-order chi connectivity index (χ0) is 14.4. The summed E-state index contributed by atoms with van der Waals surface area (Å²) in [6, 6.07) is -0.573. The number of carbonyl (C=O) groups is 2. The molecule has 1 rings (SSSR count). The first-order chi connectivity index (χ1) is 8.90. The molecule has 7 heteroatoms. The summed E-state index contributed by atoms with van der Waals surface area (Å²) in [5.41, 5.74) is 8.46. The third kappa shape index (κ3) is 5.54. The fourth-order valence-electron chi connectivity index (χ4n) is 1.72. The molecule has 0 spiro atoms. The molecular formula is C12H25N5O2. The van der Waals surface area contributed by atoms with Crippen LogP contribution in [-0.4, -0.2) is 67.5 Å². The molecule has 1 aliphatic rings. The van der Waals surface area contributed by atoms with Gasteiger partial charge in [-0.1, -0.05) is 13.8 Å². The minimum absolute atomic E-state index is 0.0361. The normalized spacial score (nSPS) is 19.2. The minimum Gasteiger partial charge on any atom is -0.346 e. The Morgan fingerprint density at radius 2 is 1.79 bits per heavy atom. The van der Waals surface area contributed by atoms with Gasteiger partial charge >= 0.3 is 0 Å². The molecule has 2 amide bonds. The van der Waals surface area contributed by atoms with E-state index in [1.54, 1.807) is 0 Å². The van der Waals surface area contributed by atoms with E-state index in [9.17, 15) is 9.59 Å². The zero-order valence-electron chi connectivity index (χ0n) is 12.0. The zero-order valence-corrected chi connectivity index (χ0v) is 12.0. The molecule has 19 heavy (non-hydrogen) atoms. The predicted molar refractivity (Wildman–Crippen MR) is 73.0 cm³/mol. The highest BCUT2D eigenvalue weighted by Crippen LogP contribution is 1.97. The number of nitrogens with two attached hydrogens (primary N) is 1. The SMILES string of the molecule is CC(C)[C@H](N)C(=O)NCC(=O)NN1CCN(C)CC1. The number of carbonyl (C=O) groups excluding carboxylic acids is 2. The Hall–Kier alpha value is -1.18. The van der Waals surface area contributed by atoms with Crippen molar-refractivity contribution in [3.63, 3.8) is 0 Å². The van der Waals surface area contributed by atoms with Crippen LogP contribution in [0, 0.1) is 5.92 Å². The third-order valence-corrected chi connectivity index (χ3v) is 3.23. The van der Waals surface area contributed by atoms with E-state index in [1.807, 2.05) is 25.9 Å². The van der Waals surface area contributed by atoms with E-state index >= 15 is 0 Å². The maximum Gasteiger partial charge on any atom is 0.253 e. The molecule has 1 heterocycles. The summed E-state index contributed by atoms with van der Waals surface area (Å²) in [6.07, 6.45) is 0. The number of rotatable bonds is 5. The summed E-state index contributed by atoms with van der Waals surface area (Å²) >= 11 is 0. The number of nitrogens with zero attached hydrogens (tertiary/aromatic N) is 2. The molecule has 4 N–H and O–H groups in total. The topological polar surface area (TPSA) is 90.7 Å². The highest BCUT2D eigenvalue weighted by molar-refractivity contribution is 5.87. The smallest absolute Gasteiger partial charge is 0.253 e. The Labute approximate surface area is 114 Å². The van der Waals surface area contributed by atoms with Gasteiger partial charge < -0.3 is 16.0 Å². The lowest BCUT2D eigenvalue weighted by molar-refractivity contribution is -0.130. The lowest BCUT2D eigenvalue weighted by atomic mass is 10.1. The van der Waals surface area contributed by atoms with Crippen LogP contribution >= 0.6 is 0 Å². The fraction of sp³-hybridized carbons (Fsp3) is 0.833. The van der Waals surface area contributed by atoms with Gasteiger partial charge in [0.25, 0.3) is 5.91 Å². The molecule has 0 aliphatic carbocycles. The van der Waals surface area contributed by atoms with Crippen molar-refractivity contribution in [1.29, 1.82) is 0 Å². The van der Waals surface area contributed by atoms with Gasteiger partial charge in [-0.05, 0) is 13.0 Å². The molecule has 7 nitrogen and oxygen atoms in total. The second-order valence-corrected chi connectivity index (χ2v) is 5.31. The van der Waals surface area contributed by atoms with E-state index in [1.165, 1.54) is 0 Å². The Bertz CT molecular complexity index is 313. The quantitative estimate of drug-likeness (QED) is 0.558. The number of nitrogens with one attached hydrogen (secondary N) is 2. The highest BCUT2D eigenvalue weighted by Gasteiger charge is 2.19. The molecule has 0 saturated carbocycles. The summed E-state index contributed by atoms with van der Waals surface area (Å²) < 4.78 is 0. The molecule has 0 bridgehead atoms. The van der Waals surface area contributed by atoms with Gasteiger partial charge in [0.05, 0.1) is 12.6 Å². The van der Waals surface area contributed by atoms with Crippen LogP contribution in [0.4, 0.5) is 0 Å². The number of hydrogen-bond donors (Lipinski definition) is 3. The number of hydrogen-bond acceptors (Lipinski definition) is 5. The molecule has 0 aromatic heterocycles. The molecule has 1 aliphatic heterocycles. The second-order valence-electron chi connectivity index (χ2n) is 5.31. The van der Waals surface area contributed by atoms with Crippen molar-refractivity contribution in [3.05, 3.63) is 0 Å². The monoisotopic (exact) mass is 271 g/mol. The number of likely N-dealkylation sites (N-methyl/N-ethyl adjacent to an activating group) is 1. The van der Waals surface area contributed by atoms with Crippen LogP contribution in [0.2, 0.25) is 0 Å². The van der Waals surface area contributed by atoms with E-state index in [-0.39, 0.29) is 24.3 Å². The molecular weight excluding hydrogens is 246 g/mol. The molecule has 0 unspecified atom stereocenters. The third-order valence-electron chi connectivity index (χ3n) is 3.23. The summed E-state index contributed by atoms with van der Waals surface area (Å²) in [6.45, 7) is 7.13. The van der Waals surface area contributed by atoms with Crippen LogP contribution in [-0.2, 0) is 9.59 Å². The average molecular weight is 271 g/mol. The maximum atomic E-state index is 11.7. The number of amides is 2. The summed E-state index contributed by atoms with van der Waals surface area (Å²) in [4.78, 5) is 25.5. The lowest BCUT2D eigenvalue weighted by Gasteiger charge is -2.32. The van der Waals surface area contributed by atoms with Crippen molar-refractivity contribution in [2.75, 3.05) is 39.8 Å². The molecule has 1 saturated heterocycles. The average Bonchev–Trinajstić information content (AvgIpc) is 2.37. The first-order valence-electron chi connectivity index (χ1n) is 6.66. The van der Waals surface area contributed by atoms with Crippen LogP contribution in [0.1, 0.15) is 13.8 Å². The van der Waals surface area contributed by atoms with Crippen molar-refractivity contribution in [3.8, 4) is 0 Å². The van der Waals surface area contributed by atoms with Gasteiger partial charge in [0.2, 0.25) is 5.91 Å². The van der Waals surface area contributed by atoms with Gasteiger partial charge in [0.1, 0.15) is 0 Å². The minimum atomic E-state index is -0.573. The first kappa shape index (κ1) is 15.9. The van der Waals surface area contributed by atoms with Crippen LogP contribution in [0.25, 0.3) is 0 Å². The van der Waals surface area contributed by atoms with Gasteiger partial charge in [0.15, 0.2) is 0 Å². The first-order valence-corrected chi connectivity index (χ1v) is 6.66. The van der Waals surface area contributed by atoms with Crippen LogP contribution < -0.4 is 16.5 Å². The molecule has 110 valence electrons. The van der Waals surface area contributed by atoms with E-state index < -0.39 is 6.04 Å². The van der Waals surface area contributed by atoms with E-state index in [0.717, 1.165) is 26.2 Å². The second kappa shape index (κ2) is 7.42. The highest BCUT2D eigenvalue weighted by atomic mass is 16.2. The number of hydrazine groups is 1. The van der Waals surface area contributed by atoms with Gasteiger partial charge in [-0.3, -0.25) is 15.0 Å².